The second-order valence-electron chi connectivity index (χ2n) is 7.66. The minimum atomic E-state index is -0.395. The molecule has 1 aliphatic rings. The number of piperidine rings is 1. The molecule has 0 amide bonds. The average Bonchev–Trinajstić information content (AvgIpc) is 3.10. The van der Waals surface area contributed by atoms with Gasteiger partial charge in [-0.2, -0.15) is 4.98 Å². The maximum Gasteiger partial charge on any atom is 0.227 e. The number of halogens is 1. The van der Waals surface area contributed by atoms with E-state index in [2.05, 4.69) is 49.6 Å². The minimum absolute atomic E-state index is 0.326. The van der Waals surface area contributed by atoms with Crippen molar-refractivity contribution in [3.05, 3.63) is 30.2 Å². The van der Waals surface area contributed by atoms with Crippen LogP contribution in [0.2, 0.25) is 0 Å². The molecule has 0 N–H and O–H groups in total. The van der Waals surface area contributed by atoms with Crippen LogP contribution in [0.15, 0.2) is 18.6 Å². The first-order chi connectivity index (χ1) is 13.0. The first kappa shape index (κ1) is 19.5. The third-order valence-electron chi connectivity index (χ3n) is 4.96. The van der Waals surface area contributed by atoms with E-state index in [1.165, 1.54) is 6.20 Å². The fourth-order valence-electron chi connectivity index (χ4n) is 3.61. The van der Waals surface area contributed by atoms with Crippen LogP contribution in [0.4, 0.5) is 16.2 Å². The molecule has 0 aromatic carbocycles. The topological polar surface area (TPSA) is 53.3 Å². The minimum Gasteiger partial charge on any atom is -0.360 e. The lowest BCUT2D eigenvalue weighted by molar-refractivity contribution is 0.380. The molecule has 0 spiro atoms. The lowest BCUT2D eigenvalue weighted by atomic mass is 9.97. The molecule has 2 aromatic heterocycles. The van der Waals surface area contributed by atoms with Crippen LogP contribution in [0, 0.1) is 5.82 Å². The molecular weight excluding hydrogens is 345 g/mol. The summed E-state index contributed by atoms with van der Waals surface area (Å²) in [5, 5.41) is 0. The highest BCUT2D eigenvalue weighted by atomic mass is 19.1. The number of imidazole rings is 1. The Bertz CT molecular complexity index is 743. The fraction of sp³-hybridized carbons (Fsp3) is 0.632. The quantitative estimate of drug-likeness (QED) is 0.740. The Labute approximate surface area is 160 Å². The highest BCUT2D eigenvalue weighted by molar-refractivity contribution is 5.44. The van der Waals surface area contributed by atoms with Crippen molar-refractivity contribution in [1.29, 1.82) is 0 Å². The number of nitrogens with zero attached hydrogens (tertiary/aromatic N) is 7. The number of anilines is 2. The van der Waals surface area contributed by atoms with Gasteiger partial charge in [0.1, 0.15) is 5.82 Å². The van der Waals surface area contributed by atoms with Crippen molar-refractivity contribution in [2.45, 2.75) is 31.7 Å². The van der Waals surface area contributed by atoms with Crippen LogP contribution in [-0.2, 0) is 6.54 Å². The van der Waals surface area contributed by atoms with E-state index in [1.54, 1.807) is 19.0 Å². The number of hydrogen-bond acceptors (Lipinski definition) is 6. The van der Waals surface area contributed by atoms with Crippen LogP contribution in [-0.4, -0.2) is 72.2 Å². The number of aromatic nitrogens is 4. The van der Waals surface area contributed by atoms with Gasteiger partial charge in [-0.3, -0.25) is 0 Å². The van der Waals surface area contributed by atoms with Gasteiger partial charge in [-0.05, 0) is 39.9 Å². The highest BCUT2D eigenvalue weighted by Gasteiger charge is 2.26. The molecule has 2 aromatic rings. The molecule has 7 nitrogen and oxygen atoms in total. The fourth-order valence-corrected chi connectivity index (χ4v) is 3.61. The summed E-state index contributed by atoms with van der Waals surface area (Å²) in [6, 6.07) is 0. The van der Waals surface area contributed by atoms with Gasteiger partial charge in [0, 0.05) is 52.0 Å². The second kappa shape index (κ2) is 8.65. The Kier molecular flexibility index (Phi) is 6.26. The summed E-state index contributed by atoms with van der Waals surface area (Å²) in [7, 11) is 7.77. The first-order valence-electron chi connectivity index (χ1n) is 9.56. The normalized spacial score (nSPS) is 17.6. The van der Waals surface area contributed by atoms with Crippen molar-refractivity contribution < 1.29 is 4.39 Å². The highest BCUT2D eigenvalue weighted by Crippen LogP contribution is 2.29. The van der Waals surface area contributed by atoms with E-state index in [0.29, 0.717) is 17.7 Å². The van der Waals surface area contributed by atoms with Crippen LogP contribution in [0.3, 0.4) is 0 Å². The Morgan fingerprint density at radius 2 is 2.04 bits per heavy atom. The van der Waals surface area contributed by atoms with Gasteiger partial charge in [0.15, 0.2) is 11.6 Å². The predicted molar refractivity (Wildman–Crippen MR) is 106 cm³/mol. The Morgan fingerprint density at radius 3 is 2.78 bits per heavy atom. The van der Waals surface area contributed by atoms with Crippen LogP contribution in [0.5, 0.6) is 0 Å². The van der Waals surface area contributed by atoms with E-state index in [-0.39, 0.29) is 0 Å². The van der Waals surface area contributed by atoms with Crippen molar-refractivity contribution in [3.8, 4) is 0 Å². The zero-order valence-corrected chi connectivity index (χ0v) is 16.8. The largest absolute Gasteiger partial charge is 0.360 e. The van der Waals surface area contributed by atoms with Crippen molar-refractivity contribution in [3.63, 3.8) is 0 Å². The Balaban J connectivity index is 1.72. The molecule has 3 rings (SSSR count). The van der Waals surface area contributed by atoms with E-state index >= 15 is 0 Å². The molecule has 1 fully saturated rings. The molecule has 0 saturated carbocycles. The molecule has 0 radical (unpaired) electrons. The molecule has 1 unspecified atom stereocenters. The molecule has 148 valence electrons. The Morgan fingerprint density at radius 1 is 1.22 bits per heavy atom. The zero-order chi connectivity index (χ0) is 19.4. The van der Waals surface area contributed by atoms with E-state index in [1.807, 2.05) is 6.20 Å². The van der Waals surface area contributed by atoms with Crippen molar-refractivity contribution in [1.82, 2.24) is 24.4 Å². The van der Waals surface area contributed by atoms with Gasteiger partial charge in [0.05, 0.1) is 6.20 Å². The van der Waals surface area contributed by atoms with E-state index in [9.17, 15) is 4.39 Å². The van der Waals surface area contributed by atoms with Crippen molar-refractivity contribution in [2.75, 3.05) is 57.6 Å². The van der Waals surface area contributed by atoms with E-state index in [0.717, 1.165) is 51.3 Å². The summed E-state index contributed by atoms with van der Waals surface area (Å²) in [6.45, 7) is 3.73. The number of aryl methyl sites for hydroxylation is 1. The summed E-state index contributed by atoms with van der Waals surface area (Å²) in [4.78, 5) is 19.3. The second-order valence-corrected chi connectivity index (χ2v) is 7.66. The lowest BCUT2D eigenvalue weighted by Gasteiger charge is -2.33. The van der Waals surface area contributed by atoms with Crippen LogP contribution >= 0.6 is 0 Å². The smallest absolute Gasteiger partial charge is 0.227 e. The summed E-state index contributed by atoms with van der Waals surface area (Å²) in [5.74, 6) is 1.99. The SMILES string of the molecule is CN(C)CCCn1ccnc1C1CCCN(c2ncc(F)c(N(C)C)n2)C1. The molecule has 0 aliphatic carbocycles. The molecule has 1 aliphatic heterocycles. The van der Waals surface area contributed by atoms with Crippen molar-refractivity contribution in [2.24, 2.45) is 0 Å². The van der Waals surface area contributed by atoms with Gasteiger partial charge in [-0.15, -0.1) is 0 Å². The van der Waals surface area contributed by atoms with Crippen LogP contribution in [0.25, 0.3) is 0 Å². The molecule has 1 saturated heterocycles. The maximum atomic E-state index is 13.9. The Hall–Kier alpha value is -2.22. The first-order valence-corrected chi connectivity index (χ1v) is 9.56. The van der Waals surface area contributed by atoms with E-state index < -0.39 is 5.82 Å². The third-order valence-corrected chi connectivity index (χ3v) is 4.96. The molecular formula is C19H30FN7. The van der Waals surface area contributed by atoms with Crippen LogP contribution < -0.4 is 9.80 Å². The van der Waals surface area contributed by atoms with E-state index in [4.69, 9.17) is 0 Å². The molecule has 0 bridgehead atoms. The summed E-state index contributed by atoms with van der Waals surface area (Å²) >= 11 is 0. The standard InChI is InChI=1S/C19H30FN7/c1-24(2)9-6-11-26-12-8-21-17(26)15-7-5-10-27(14-15)19-22-13-16(20)18(23-19)25(3)4/h8,12-13,15H,5-7,9-11,14H2,1-4H3. The van der Waals surface area contributed by atoms with Crippen LogP contribution in [0.1, 0.15) is 31.0 Å². The number of rotatable bonds is 7. The van der Waals surface area contributed by atoms with Gasteiger partial charge >= 0.3 is 0 Å². The average molecular weight is 375 g/mol. The van der Waals surface area contributed by atoms with Gasteiger partial charge in [-0.1, -0.05) is 0 Å². The third kappa shape index (κ3) is 4.74. The molecule has 27 heavy (non-hydrogen) atoms. The number of hydrogen-bond donors (Lipinski definition) is 0. The maximum absolute atomic E-state index is 13.9. The molecule has 3 heterocycles. The monoisotopic (exact) mass is 375 g/mol. The lowest BCUT2D eigenvalue weighted by Crippen LogP contribution is -2.37. The zero-order valence-electron chi connectivity index (χ0n) is 16.8. The summed E-state index contributed by atoms with van der Waals surface area (Å²) in [5.41, 5.74) is 0. The van der Waals surface area contributed by atoms with Gasteiger partial charge in [0.25, 0.3) is 0 Å². The van der Waals surface area contributed by atoms with Crippen molar-refractivity contribution >= 4 is 11.8 Å². The van der Waals surface area contributed by atoms with Gasteiger partial charge < -0.3 is 19.3 Å². The van der Waals surface area contributed by atoms with Gasteiger partial charge in [-0.25, -0.2) is 14.4 Å². The molecule has 1 atom stereocenters. The summed E-state index contributed by atoms with van der Waals surface area (Å²) < 4.78 is 16.2. The summed E-state index contributed by atoms with van der Waals surface area (Å²) in [6.07, 6.45) is 8.48. The molecule has 8 heteroatoms. The van der Waals surface area contributed by atoms with Gasteiger partial charge in [0.2, 0.25) is 5.95 Å². The predicted octanol–water partition coefficient (Wildman–Crippen LogP) is 2.21.